The SMILES string of the molecule is CCCCCCCCCc1cccc(OCCOCCOCCOCCOP(=O)(O)O)c1. The monoisotopic (exact) mass is 476 g/mol. The maximum Gasteiger partial charge on any atom is 0.469 e. The standard InChI is InChI=1S/C23H41O8P/c1-2-3-4-5-6-7-8-10-22-11-9-12-23(21-22)30-19-17-28-15-13-27-14-16-29-18-20-31-32(24,25)26/h9,11-12,21H,2-8,10,13-20H2,1H3,(H2,24,25,26). The lowest BCUT2D eigenvalue weighted by Crippen LogP contribution is -2.13. The summed E-state index contributed by atoms with van der Waals surface area (Å²) in [4.78, 5) is 17.0. The van der Waals surface area contributed by atoms with E-state index in [2.05, 4.69) is 23.6 Å². The third-order valence-electron chi connectivity index (χ3n) is 4.70. The number of hydrogen-bond donors (Lipinski definition) is 2. The number of phosphoric acid groups is 1. The van der Waals surface area contributed by atoms with Gasteiger partial charge >= 0.3 is 7.82 Å². The van der Waals surface area contributed by atoms with Gasteiger partial charge in [-0.1, -0.05) is 57.6 Å². The second kappa shape index (κ2) is 19.5. The molecule has 1 aromatic rings. The first-order valence-electron chi connectivity index (χ1n) is 11.7. The minimum Gasteiger partial charge on any atom is -0.491 e. The molecule has 0 aliphatic rings. The minimum atomic E-state index is -4.42. The number of rotatable bonds is 22. The number of benzene rings is 1. The lowest BCUT2D eigenvalue weighted by molar-refractivity contribution is 0.00350. The Labute approximate surface area is 192 Å². The molecule has 0 aliphatic heterocycles. The molecule has 0 fully saturated rings. The van der Waals surface area contributed by atoms with E-state index in [0.29, 0.717) is 39.6 Å². The molecule has 0 aromatic heterocycles. The molecule has 0 spiro atoms. The first-order chi connectivity index (χ1) is 15.5. The summed E-state index contributed by atoms with van der Waals surface area (Å²) in [5.74, 6) is 0.880. The number of aryl methyl sites for hydroxylation is 1. The summed E-state index contributed by atoms with van der Waals surface area (Å²) in [6.07, 6.45) is 10.3. The second-order valence-corrected chi connectivity index (χ2v) is 8.77. The molecule has 1 rings (SSSR count). The molecule has 0 saturated heterocycles. The lowest BCUT2D eigenvalue weighted by atomic mass is 10.0. The zero-order valence-corrected chi connectivity index (χ0v) is 20.3. The predicted molar refractivity (Wildman–Crippen MR) is 124 cm³/mol. The van der Waals surface area contributed by atoms with E-state index < -0.39 is 7.82 Å². The van der Waals surface area contributed by atoms with Crippen LogP contribution in [0, 0.1) is 0 Å². The quantitative estimate of drug-likeness (QED) is 0.186. The van der Waals surface area contributed by atoms with Gasteiger partial charge in [-0.3, -0.25) is 4.52 Å². The minimum absolute atomic E-state index is 0.0998. The maximum atomic E-state index is 10.5. The Morgan fingerprint density at radius 3 is 1.94 bits per heavy atom. The highest BCUT2D eigenvalue weighted by molar-refractivity contribution is 7.46. The van der Waals surface area contributed by atoms with Gasteiger partial charge in [-0.05, 0) is 30.5 Å². The van der Waals surface area contributed by atoms with E-state index >= 15 is 0 Å². The van der Waals surface area contributed by atoms with Crippen LogP contribution in [0.25, 0.3) is 0 Å². The molecule has 32 heavy (non-hydrogen) atoms. The Bertz CT molecular complexity index is 607. The summed E-state index contributed by atoms with van der Waals surface area (Å²) in [5, 5.41) is 0. The molecule has 9 heteroatoms. The van der Waals surface area contributed by atoms with Crippen molar-refractivity contribution in [3.05, 3.63) is 29.8 Å². The van der Waals surface area contributed by atoms with Crippen LogP contribution < -0.4 is 4.74 Å². The molecular weight excluding hydrogens is 435 g/mol. The van der Waals surface area contributed by atoms with Crippen LogP contribution in [0.2, 0.25) is 0 Å². The Kier molecular flexibility index (Phi) is 17.7. The van der Waals surface area contributed by atoms with Crippen LogP contribution in [0.3, 0.4) is 0 Å². The van der Waals surface area contributed by atoms with Gasteiger partial charge in [-0.25, -0.2) is 4.57 Å². The Morgan fingerprint density at radius 1 is 0.750 bits per heavy atom. The topological polar surface area (TPSA) is 104 Å². The smallest absolute Gasteiger partial charge is 0.469 e. The van der Waals surface area contributed by atoms with Crippen molar-refractivity contribution in [1.82, 2.24) is 0 Å². The second-order valence-electron chi connectivity index (χ2n) is 7.53. The summed E-state index contributed by atoms with van der Waals surface area (Å²) >= 11 is 0. The molecule has 1 aromatic carbocycles. The molecule has 0 amide bonds. The van der Waals surface area contributed by atoms with Gasteiger partial charge in [0.15, 0.2) is 0 Å². The van der Waals surface area contributed by atoms with Crippen LogP contribution in [0.4, 0.5) is 0 Å². The zero-order chi connectivity index (χ0) is 23.3. The van der Waals surface area contributed by atoms with Crippen molar-refractivity contribution in [2.75, 3.05) is 52.9 Å². The Hall–Kier alpha value is -0.990. The number of phosphoric ester groups is 1. The fraction of sp³-hybridized carbons (Fsp3) is 0.739. The van der Waals surface area contributed by atoms with Gasteiger partial charge in [-0.15, -0.1) is 0 Å². The van der Waals surface area contributed by atoms with Crippen LogP contribution >= 0.6 is 7.82 Å². The molecule has 186 valence electrons. The van der Waals surface area contributed by atoms with Gasteiger partial charge in [0.1, 0.15) is 12.4 Å². The van der Waals surface area contributed by atoms with E-state index in [4.69, 9.17) is 28.7 Å². The summed E-state index contributed by atoms with van der Waals surface area (Å²) in [6.45, 7) is 4.77. The maximum absolute atomic E-state index is 10.5. The van der Waals surface area contributed by atoms with Crippen molar-refractivity contribution in [1.29, 1.82) is 0 Å². The van der Waals surface area contributed by atoms with Crippen LogP contribution in [0.15, 0.2) is 24.3 Å². The van der Waals surface area contributed by atoms with Gasteiger partial charge in [-0.2, -0.15) is 0 Å². The average Bonchev–Trinajstić information content (AvgIpc) is 2.76. The largest absolute Gasteiger partial charge is 0.491 e. The molecule has 0 atom stereocenters. The first kappa shape index (κ1) is 29.0. The van der Waals surface area contributed by atoms with Crippen LogP contribution in [0.5, 0.6) is 5.75 Å². The molecule has 0 bridgehead atoms. The third-order valence-corrected chi connectivity index (χ3v) is 5.21. The van der Waals surface area contributed by atoms with E-state index in [-0.39, 0.29) is 13.2 Å². The van der Waals surface area contributed by atoms with Gasteiger partial charge < -0.3 is 28.7 Å². The molecule has 0 unspecified atom stereocenters. The Morgan fingerprint density at radius 2 is 1.31 bits per heavy atom. The van der Waals surface area contributed by atoms with E-state index in [9.17, 15) is 4.57 Å². The van der Waals surface area contributed by atoms with Crippen LogP contribution in [-0.4, -0.2) is 62.6 Å². The average molecular weight is 477 g/mol. The lowest BCUT2D eigenvalue weighted by Gasteiger charge is -2.09. The summed E-state index contributed by atoms with van der Waals surface area (Å²) in [5.41, 5.74) is 1.32. The van der Waals surface area contributed by atoms with Gasteiger partial charge in [0.05, 0.1) is 46.2 Å². The molecule has 0 radical (unpaired) electrons. The number of ether oxygens (including phenoxy) is 4. The normalized spacial score (nSPS) is 11.7. The number of hydrogen-bond acceptors (Lipinski definition) is 6. The highest BCUT2D eigenvalue weighted by atomic mass is 31.2. The van der Waals surface area contributed by atoms with E-state index in [1.54, 1.807) is 0 Å². The molecule has 2 N–H and O–H groups in total. The van der Waals surface area contributed by atoms with Crippen molar-refractivity contribution < 1.29 is 37.8 Å². The van der Waals surface area contributed by atoms with Crippen molar-refractivity contribution in [3.63, 3.8) is 0 Å². The van der Waals surface area contributed by atoms with E-state index in [1.807, 2.05) is 12.1 Å². The van der Waals surface area contributed by atoms with Crippen molar-refractivity contribution in [3.8, 4) is 5.75 Å². The summed E-state index contributed by atoms with van der Waals surface area (Å²) < 4.78 is 36.5. The fourth-order valence-corrected chi connectivity index (χ4v) is 3.36. The van der Waals surface area contributed by atoms with E-state index in [1.165, 1.54) is 50.5 Å². The van der Waals surface area contributed by atoms with Gasteiger partial charge in [0.2, 0.25) is 0 Å². The molecule has 0 heterocycles. The highest BCUT2D eigenvalue weighted by Crippen LogP contribution is 2.35. The molecule has 0 saturated carbocycles. The van der Waals surface area contributed by atoms with Gasteiger partial charge in [0, 0.05) is 0 Å². The van der Waals surface area contributed by atoms with Gasteiger partial charge in [0.25, 0.3) is 0 Å². The molecule has 0 aliphatic carbocycles. The van der Waals surface area contributed by atoms with Crippen molar-refractivity contribution in [2.45, 2.75) is 58.3 Å². The van der Waals surface area contributed by atoms with E-state index in [0.717, 1.165) is 12.2 Å². The summed E-state index contributed by atoms with van der Waals surface area (Å²) in [7, 11) is -4.42. The Balaban J connectivity index is 1.93. The van der Waals surface area contributed by atoms with Crippen molar-refractivity contribution in [2.24, 2.45) is 0 Å². The van der Waals surface area contributed by atoms with Crippen LogP contribution in [-0.2, 0) is 29.7 Å². The summed E-state index contributed by atoms with van der Waals surface area (Å²) in [6, 6.07) is 8.29. The van der Waals surface area contributed by atoms with Crippen LogP contribution in [0.1, 0.15) is 57.4 Å². The number of unbranched alkanes of at least 4 members (excludes halogenated alkanes) is 6. The fourth-order valence-electron chi connectivity index (χ4n) is 3.05. The highest BCUT2D eigenvalue weighted by Gasteiger charge is 2.12. The molecular formula is C23H41O8P. The first-order valence-corrected chi connectivity index (χ1v) is 13.2. The zero-order valence-electron chi connectivity index (χ0n) is 19.4. The molecule has 8 nitrogen and oxygen atoms in total. The third kappa shape index (κ3) is 18.6. The predicted octanol–water partition coefficient (Wildman–Crippen LogP) is 4.52. The van der Waals surface area contributed by atoms with Crippen molar-refractivity contribution >= 4 is 7.82 Å².